The molecule has 20 heavy (non-hydrogen) atoms. The van der Waals surface area contributed by atoms with Gasteiger partial charge in [0.1, 0.15) is 0 Å². The zero-order valence-electron chi connectivity index (χ0n) is 10.9. The van der Waals surface area contributed by atoms with Gasteiger partial charge in [-0.15, -0.1) is 11.6 Å². The van der Waals surface area contributed by atoms with Crippen LogP contribution in [0.3, 0.4) is 0 Å². The van der Waals surface area contributed by atoms with Crippen LogP contribution in [0, 0.1) is 0 Å². The molecule has 0 fully saturated rings. The highest BCUT2D eigenvalue weighted by atomic mass is 35.5. The zero-order valence-corrected chi connectivity index (χ0v) is 11.6. The van der Waals surface area contributed by atoms with Crippen LogP contribution >= 0.6 is 11.6 Å². The molecule has 0 saturated heterocycles. The van der Waals surface area contributed by atoms with Crippen molar-refractivity contribution in [2.45, 2.75) is 6.10 Å². The molecule has 0 radical (unpaired) electrons. The van der Waals surface area contributed by atoms with Gasteiger partial charge in [0.2, 0.25) is 0 Å². The minimum atomic E-state index is -0.563. The minimum Gasteiger partial charge on any atom is -0.390 e. The number of nitrogens with zero attached hydrogens (tertiary/aromatic N) is 1. The number of halogens is 1. The third kappa shape index (κ3) is 2.55. The number of nitrogens with one attached hydrogen (secondary N) is 1. The SMILES string of the molecule is OC(CCl)CNc1cccc2cc3ccccc3nc12. The van der Waals surface area contributed by atoms with Gasteiger partial charge in [-0.25, -0.2) is 4.98 Å². The molecule has 0 bridgehead atoms. The Balaban J connectivity index is 2.06. The molecule has 0 saturated carbocycles. The smallest absolute Gasteiger partial charge is 0.0940 e. The first-order chi connectivity index (χ1) is 9.78. The van der Waals surface area contributed by atoms with Crippen molar-refractivity contribution in [1.82, 2.24) is 4.98 Å². The molecule has 3 nitrogen and oxygen atoms in total. The van der Waals surface area contributed by atoms with Gasteiger partial charge in [-0.2, -0.15) is 0 Å². The normalized spacial score (nSPS) is 12.7. The number of aliphatic hydroxyl groups excluding tert-OH is 1. The Morgan fingerprint density at radius 2 is 1.90 bits per heavy atom. The summed E-state index contributed by atoms with van der Waals surface area (Å²) in [4.78, 5) is 4.70. The van der Waals surface area contributed by atoms with E-state index in [9.17, 15) is 5.11 Å². The van der Waals surface area contributed by atoms with Crippen LogP contribution in [0.4, 0.5) is 5.69 Å². The number of hydrogen-bond acceptors (Lipinski definition) is 3. The van der Waals surface area contributed by atoms with Crippen LogP contribution in [0.25, 0.3) is 21.8 Å². The maximum atomic E-state index is 9.55. The van der Waals surface area contributed by atoms with E-state index in [0.29, 0.717) is 6.54 Å². The summed E-state index contributed by atoms with van der Waals surface area (Å²) >= 11 is 5.61. The zero-order chi connectivity index (χ0) is 13.9. The first-order valence-electron chi connectivity index (χ1n) is 6.54. The van der Waals surface area contributed by atoms with E-state index in [1.165, 1.54) is 0 Å². The van der Waals surface area contributed by atoms with Crippen LogP contribution in [-0.4, -0.2) is 28.6 Å². The molecule has 3 rings (SSSR count). The lowest BCUT2D eigenvalue weighted by molar-refractivity contribution is 0.211. The number of aliphatic hydroxyl groups is 1. The van der Waals surface area contributed by atoms with Gasteiger partial charge in [-0.05, 0) is 18.2 Å². The Labute approximate surface area is 122 Å². The number of para-hydroxylation sites is 2. The van der Waals surface area contributed by atoms with Crippen molar-refractivity contribution in [2.75, 3.05) is 17.7 Å². The second-order valence-corrected chi connectivity index (χ2v) is 5.06. The molecule has 1 unspecified atom stereocenters. The Morgan fingerprint density at radius 1 is 1.10 bits per heavy atom. The molecule has 3 aromatic rings. The third-order valence-electron chi connectivity index (χ3n) is 3.25. The molecule has 0 spiro atoms. The van der Waals surface area contributed by atoms with E-state index in [-0.39, 0.29) is 5.88 Å². The van der Waals surface area contributed by atoms with E-state index in [1.807, 2.05) is 36.4 Å². The maximum absolute atomic E-state index is 9.55. The predicted octanol–water partition coefficient (Wildman–Crippen LogP) is 3.40. The van der Waals surface area contributed by atoms with Gasteiger partial charge in [0.25, 0.3) is 0 Å². The number of pyridine rings is 1. The summed E-state index contributed by atoms with van der Waals surface area (Å²) in [6.07, 6.45) is -0.563. The number of benzene rings is 2. The van der Waals surface area contributed by atoms with Crippen molar-refractivity contribution in [1.29, 1.82) is 0 Å². The summed E-state index contributed by atoms with van der Waals surface area (Å²) in [5.41, 5.74) is 2.79. The largest absolute Gasteiger partial charge is 0.390 e. The lowest BCUT2D eigenvalue weighted by atomic mass is 10.1. The maximum Gasteiger partial charge on any atom is 0.0940 e. The molecule has 0 amide bonds. The highest BCUT2D eigenvalue weighted by Gasteiger charge is 2.06. The van der Waals surface area contributed by atoms with Crippen molar-refractivity contribution in [2.24, 2.45) is 0 Å². The highest BCUT2D eigenvalue weighted by Crippen LogP contribution is 2.25. The van der Waals surface area contributed by atoms with Gasteiger partial charge in [0.15, 0.2) is 0 Å². The van der Waals surface area contributed by atoms with Crippen molar-refractivity contribution in [3.05, 3.63) is 48.5 Å². The van der Waals surface area contributed by atoms with E-state index in [1.54, 1.807) is 0 Å². The second kappa shape index (κ2) is 5.65. The molecule has 1 heterocycles. The summed E-state index contributed by atoms with van der Waals surface area (Å²) in [5, 5.41) is 15.0. The first-order valence-corrected chi connectivity index (χ1v) is 7.08. The number of anilines is 1. The van der Waals surface area contributed by atoms with E-state index in [4.69, 9.17) is 16.6 Å². The predicted molar refractivity (Wildman–Crippen MR) is 84.5 cm³/mol. The second-order valence-electron chi connectivity index (χ2n) is 4.75. The van der Waals surface area contributed by atoms with Crippen LogP contribution in [0.15, 0.2) is 48.5 Å². The molecular weight excluding hydrogens is 272 g/mol. The van der Waals surface area contributed by atoms with Crippen LogP contribution < -0.4 is 5.32 Å². The molecule has 2 aromatic carbocycles. The molecule has 1 atom stereocenters. The molecular formula is C16H15ClN2O. The molecule has 0 aliphatic heterocycles. The molecule has 0 aliphatic rings. The first kappa shape index (κ1) is 13.2. The average molecular weight is 287 g/mol. The van der Waals surface area contributed by atoms with Gasteiger partial charge in [-0.3, -0.25) is 0 Å². The molecule has 4 heteroatoms. The fourth-order valence-electron chi connectivity index (χ4n) is 2.23. The third-order valence-corrected chi connectivity index (χ3v) is 3.61. The summed E-state index contributed by atoms with van der Waals surface area (Å²) < 4.78 is 0. The van der Waals surface area contributed by atoms with Crippen LogP contribution in [0.2, 0.25) is 0 Å². The standard InChI is InChI=1S/C16H15ClN2O/c17-9-13(20)10-18-15-7-3-5-12-8-11-4-1-2-6-14(11)19-16(12)15/h1-8,13,18,20H,9-10H2. The van der Waals surface area contributed by atoms with Crippen LogP contribution in [0.1, 0.15) is 0 Å². The lowest BCUT2D eigenvalue weighted by Gasteiger charge is -2.12. The molecule has 102 valence electrons. The van der Waals surface area contributed by atoms with Crippen molar-refractivity contribution < 1.29 is 5.11 Å². The molecule has 0 aliphatic carbocycles. The lowest BCUT2D eigenvalue weighted by Crippen LogP contribution is -2.20. The van der Waals surface area contributed by atoms with Gasteiger partial charge in [0.05, 0.1) is 28.7 Å². The van der Waals surface area contributed by atoms with Gasteiger partial charge >= 0.3 is 0 Å². The topological polar surface area (TPSA) is 45.1 Å². The Hall–Kier alpha value is -1.84. The van der Waals surface area contributed by atoms with Crippen LogP contribution in [0.5, 0.6) is 0 Å². The van der Waals surface area contributed by atoms with E-state index in [0.717, 1.165) is 27.5 Å². The van der Waals surface area contributed by atoms with Gasteiger partial charge < -0.3 is 10.4 Å². The Bertz CT molecular complexity index is 745. The average Bonchev–Trinajstić information content (AvgIpc) is 2.50. The van der Waals surface area contributed by atoms with E-state index < -0.39 is 6.10 Å². The summed E-state index contributed by atoms with van der Waals surface area (Å²) in [7, 11) is 0. The fraction of sp³-hybridized carbons (Fsp3) is 0.188. The van der Waals surface area contributed by atoms with Crippen molar-refractivity contribution in [3.63, 3.8) is 0 Å². The van der Waals surface area contributed by atoms with Crippen molar-refractivity contribution in [3.8, 4) is 0 Å². The number of aromatic nitrogens is 1. The molecule has 1 aromatic heterocycles. The summed E-state index contributed by atoms with van der Waals surface area (Å²) in [6, 6.07) is 16.2. The fourth-order valence-corrected chi connectivity index (χ4v) is 2.34. The minimum absolute atomic E-state index is 0.216. The quantitative estimate of drug-likeness (QED) is 0.571. The van der Waals surface area contributed by atoms with Crippen molar-refractivity contribution >= 4 is 39.1 Å². The summed E-state index contributed by atoms with van der Waals surface area (Å²) in [5.74, 6) is 0.216. The van der Waals surface area contributed by atoms with E-state index >= 15 is 0 Å². The number of fused-ring (bicyclic) bond motifs is 2. The highest BCUT2D eigenvalue weighted by molar-refractivity contribution is 6.18. The number of alkyl halides is 1. The van der Waals surface area contributed by atoms with Gasteiger partial charge in [0, 0.05) is 17.3 Å². The Morgan fingerprint density at radius 3 is 2.75 bits per heavy atom. The molecule has 2 N–H and O–H groups in total. The summed E-state index contributed by atoms with van der Waals surface area (Å²) in [6.45, 7) is 0.414. The Kier molecular flexibility index (Phi) is 3.72. The number of hydrogen-bond donors (Lipinski definition) is 2. The van der Waals surface area contributed by atoms with Crippen LogP contribution in [-0.2, 0) is 0 Å². The van der Waals surface area contributed by atoms with Gasteiger partial charge in [-0.1, -0.05) is 30.3 Å². The van der Waals surface area contributed by atoms with E-state index in [2.05, 4.69) is 17.4 Å². The monoisotopic (exact) mass is 286 g/mol. The number of rotatable bonds is 4.